The Morgan fingerprint density at radius 3 is 2.68 bits per heavy atom. The van der Waals surface area contributed by atoms with Gasteiger partial charge in [-0.25, -0.2) is 0 Å². The Balaban J connectivity index is 1.40. The molecule has 1 fully saturated rings. The fourth-order valence-electron chi connectivity index (χ4n) is 3.24. The van der Waals surface area contributed by atoms with E-state index in [2.05, 4.69) is 44.7 Å². The number of carbonyl (C=O) groups excluding carboxylic acids is 1. The van der Waals surface area contributed by atoms with Crippen LogP contribution in [0.25, 0.3) is 0 Å². The molecule has 1 aromatic carbocycles. The van der Waals surface area contributed by atoms with Gasteiger partial charge in [0.2, 0.25) is 11.0 Å². The average Bonchev–Trinajstić information content (AvgIpc) is 3.04. The summed E-state index contributed by atoms with van der Waals surface area (Å²) in [6.45, 7) is 5.01. The van der Waals surface area contributed by atoms with Crippen molar-refractivity contribution >= 4 is 22.4 Å². The van der Waals surface area contributed by atoms with Crippen LogP contribution in [-0.2, 0) is 11.3 Å². The van der Waals surface area contributed by atoms with E-state index in [1.165, 1.54) is 16.9 Å². The summed E-state index contributed by atoms with van der Waals surface area (Å²) >= 11 is 1.32. The summed E-state index contributed by atoms with van der Waals surface area (Å²) in [5.74, 6) is 0.543. The molecule has 0 spiro atoms. The quantitative estimate of drug-likeness (QED) is 0.828. The number of nitrogen functional groups attached to an aromatic ring is 1. The van der Waals surface area contributed by atoms with Gasteiger partial charge in [0.15, 0.2) is 0 Å². The minimum absolute atomic E-state index is 0.0859. The van der Waals surface area contributed by atoms with Crippen LogP contribution in [-0.4, -0.2) is 34.1 Å². The van der Waals surface area contributed by atoms with Crippen LogP contribution in [0.2, 0.25) is 0 Å². The van der Waals surface area contributed by atoms with Gasteiger partial charge in [0, 0.05) is 13.0 Å². The fraction of sp³-hybridized carbons (Fsp3) is 0.500. The number of hydrogen-bond acceptors (Lipinski definition) is 6. The summed E-state index contributed by atoms with van der Waals surface area (Å²) in [6.07, 6.45) is 2.72. The van der Waals surface area contributed by atoms with E-state index in [-0.39, 0.29) is 11.9 Å². The second-order valence-electron chi connectivity index (χ2n) is 6.68. The van der Waals surface area contributed by atoms with Gasteiger partial charge in [-0.2, -0.15) is 0 Å². The molecule has 0 aliphatic carbocycles. The Morgan fingerprint density at radius 1 is 1.32 bits per heavy atom. The molecular formula is C18H25N5OS. The van der Waals surface area contributed by atoms with Crippen LogP contribution in [0.1, 0.15) is 42.8 Å². The number of anilines is 1. The smallest absolute Gasteiger partial charge is 0.220 e. The lowest BCUT2D eigenvalue weighted by Gasteiger charge is -2.31. The van der Waals surface area contributed by atoms with E-state index < -0.39 is 0 Å². The molecular weight excluding hydrogens is 334 g/mol. The monoisotopic (exact) mass is 359 g/mol. The molecule has 0 saturated carbocycles. The first-order valence-electron chi connectivity index (χ1n) is 8.74. The van der Waals surface area contributed by atoms with Crippen molar-refractivity contribution in [1.82, 2.24) is 20.4 Å². The van der Waals surface area contributed by atoms with Crippen molar-refractivity contribution in [2.45, 2.75) is 38.8 Å². The van der Waals surface area contributed by atoms with Gasteiger partial charge < -0.3 is 11.1 Å². The lowest BCUT2D eigenvalue weighted by atomic mass is 9.93. The largest absolute Gasteiger partial charge is 0.374 e. The van der Waals surface area contributed by atoms with Gasteiger partial charge >= 0.3 is 0 Å². The van der Waals surface area contributed by atoms with E-state index in [0.29, 0.717) is 17.5 Å². The maximum atomic E-state index is 12.3. The van der Waals surface area contributed by atoms with Gasteiger partial charge in [0.05, 0.1) is 6.04 Å². The molecule has 1 aromatic heterocycles. The van der Waals surface area contributed by atoms with Crippen molar-refractivity contribution in [1.29, 1.82) is 0 Å². The Morgan fingerprint density at radius 2 is 2.04 bits per heavy atom. The molecule has 1 aliphatic rings. The minimum Gasteiger partial charge on any atom is -0.374 e. The number of nitrogens with zero attached hydrogens (tertiary/aromatic N) is 3. The number of benzene rings is 1. The third-order valence-electron chi connectivity index (χ3n) is 4.63. The Labute approximate surface area is 152 Å². The van der Waals surface area contributed by atoms with Crippen molar-refractivity contribution in [2.24, 2.45) is 5.92 Å². The molecule has 3 rings (SSSR count). The van der Waals surface area contributed by atoms with Crippen molar-refractivity contribution in [2.75, 3.05) is 18.8 Å². The number of amides is 1. The molecule has 0 unspecified atom stereocenters. The number of piperidine rings is 1. The van der Waals surface area contributed by atoms with E-state index in [0.717, 1.165) is 37.5 Å². The molecule has 2 heterocycles. The number of nitrogens with two attached hydrogens (primary N) is 1. The van der Waals surface area contributed by atoms with Crippen molar-refractivity contribution in [3.05, 3.63) is 40.9 Å². The van der Waals surface area contributed by atoms with Gasteiger partial charge in [-0.05, 0) is 44.3 Å². The lowest BCUT2D eigenvalue weighted by Crippen LogP contribution is -2.36. The number of rotatable bonds is 6. The molecule has 3 N–H and O–H groups in total. The number of likely N-dealkylation sites (tertiary alicyclic amines) is 1. The predicted octanol–water partition coefficient (Wildman–Crippen LogP) is 2.60. The third kappa shape index (κ3) is 5.24. The first kappa shape index (κ1) is 17.8. The van der Waals surface area contributed by atoms with Crippen LogP contribution < -0.4 is 11.1 Å². The number of hydrogen-bond donors (Lipinski definition) is 2. The van der Waals surface area contributed by atoms with Gasteiger partial charge in [-0.1, -0.05) is 41.7 Å². The van der Waals surface area contributed by atoms with Crippen molar-refractivity contribution < 1.29 is 4.79 Å². The van der Waals surface area contributed by atoms with E-state index in [1.807, 2.05) is 13.0 Å². The number of aromatic nitrogens is 2. The first-order valence-corrected chi connectivity index (χ1v) is 9.56. The van der Waals surface area contributed by atoms with Crippen LogP contribution in [0.15, 0.2) is 30.3 Å². The zero-order valence-corrected chi connectivity index (χ0v) is 15.3. The number of nitrogens with one attached hydrogen (secondary N) is 1. The topological polar surface area (TPSA) is 84.1 Å². The average molecular weight is 359 g/mol. The van der Waals surface area contributed by atoms with E-state index in [1.54, 1.807) is 0 Å². The predicted molar refractivity (Wildman–Crippen MR) is 99.9 cm³/mol. The maximum absolute atomic E-state index is 12.3. The molecule has 1 saturated heterocycles. The highest BCUT2D eigenvalue weighted by Crippen LogP contribution is 2.23. The zero-order chi connectivity index (χ0) is 17.6. The molecule has 6 nitrogen and oxygen atoms in total. The molecule has 0 radical (unpaired) electrons. The van der Waals surface area contributed by atoms with Crippen LogP contribution >= 0.6 is 11.3 Å². The van der Waals surface area contributed by atoms with Crippen LogP contribution in [0.5, 0.6) is 0 Å². The van der Waals surface area contributed by atoms with E-state index in [9.17, 15) is 4.79 Å². The molecule has 134 valence electrons. The van der Waals surface area contributed by atoms with Crippen LogP contribution in [0.4, 0.5) is 5.13 Å². The molecule has 0 bridgehead atoms. The molecule has 1 aliphatic heterocycles. The van der Waals surface area contributed by atoms with Crippen molar-refractivity contribution in [3.8, 4) is 0 Å². The molecule has 1 atom stereocenters. The minimum atomic E-state index is -0.138. The molecule has 1 amide bonds. The highest BCUT2D eigenvalue weighted by atomic mass is 32.1. The summed E-state index contributed by atoms with van der Waals surface area (Å²) in [7, 11) is 0. The molecule has 2 aromatic rings. The maximum Gasteiger partial charge on any atom is 0.220 e. The van der Waals surface area contributed by atoms with Crippen LogP contribution in [0, 0.1) is 5.92 Å². The molecule has 7 heteroatoms. The first-order chi connectivity index (χ1) is 12.1. The highest BCUT2D eigenvalue weighted by molar-refractivity contribution is 7.15. The highest BCUT2D eigenvalue weighted by Gasteiger charge is 2.23. The van der Waals surface area contributed by atoms with E-state index in [4.69, 9.17) is 5.73 Å². The normalized spacial score (nSPS) is 17.3. The van der Waals surface area contributed by atoms with Gasteiger partial charge in [-0.15, -0.1) is 10.2 Å². The van der Waals surface area contributed by atoms with Gasteiger partial charge in [0.1, 0.15) is 5.01 Å². The van der Waals surface area contributed by atoms with Gasteiger partial charge in [0.25, 0.3) is 0 Å². The Bertz CT molecular complexity index is 682. The summed E-state index contributed by atoms with van der Waals surface area (Å²) in [5.41, 5.74) is 6.94. The summed E-state index contributed by atoms with van der Waals surface area (Å²) in [4.78, 5) is 14.7. The Kier molecular flexibility index (Phi) is 5.99. The number of carbonyl (C=O) groups is 1. The van der Waals surface area contributed by atoms with Crippen molar-refractivity contribution in [3.63, 3.8) is 0 Å². The summed E-state index contributed by atoms with van der Waals surface area (Å²) in [5, 5.41) is 12.0. The third-order valence-corrected chi connectivity index (χ3v) is 5.57. The van der Waals surface area contributed by atoms with Gasteiger partial charge in [-0.3, -0.25) is 9.69 Å². The second-order valence-corrected chi connectivity index (χ2v) is 7.72. The standard InChI is InChI=1S/C18H25N5OS/c1-13(17-21-22-18(19)25-17)20-16(24)11-14-7-9-23(10-8-14)12-15-5-3-2-4-6-15/h2-6,13-14H,7-12H2,1H3,(H2,19,22)(H,20,24)/t13-/m0/s1. The van der Waals surface area contributed by atoms with E-state index >= 15 is 0 Å². The Hall–Kier alpha value is -1.99. The summed E-state index contributed by atoms with van der Waals surface area (Å²) in [6, 6.07) is 10.4. The lowest BCUT2D eigenvalue weighted by molar-refractivity contribution is -0.123. The SMILES string of the molecule is C[C@H](NC(=O)CC1CCN(Cc2ccccc2)CC1)c1nnc(N)s1. The zero-order valence-electron chi connectivity index (χ0n) is 14.5. The van der Waals surface area contributed by atoms with Crippen LogP contribution in [0.3, 0.4) is 0 Å². The summed E-state index contributed by atoms with van der Waals surface area (Å²) < 4.78 is 0. The molecule has 25 heavy (non-hydrogen) atoms. The second kappa shape index (κ2) is 8.40. The fourth-order valence-corrected chi connectivity index (χ4v) is 3.85.